The summed E-state index contributed by atoms with van der Waals surface area (Å²) >= 11 is 0. The van der Waals surface area contributed by atoms with E-state index in [0.29, 0.717) is 37.2 Å². The minimum absolute atomic E-state index is 0.387. The van der Waals surface area contributed by atoms with E-state index in [9.17, 15) is 8.42 Å². The fourth-order valence-corrected chi connectivity index (χ4v) is 5.14. The third-order valence-electron chi connectivity index (χ3n) is 5.46. The van der Waals surface area contributed by atoms with Gasteiger partial charge in [0.15, 0.2) is 0 Å². The Labute approximate surface area is 168 Å². The highest BCUT2D eigenvalue weighted by Gasteiger charge is 2.30. The van der Waals surface area contributed by atoms with Gasteiger partial charge in [0, 0.05) is 32.2 Å². The Balaban J connectivity index is 1.50. The van der Waals surface area contributed by atoms with Crippen molar-refractivity contribution >= 4 is 10.0 Å². The highest BCUT2D eigenvalue weighted by Crippen LogP contribution is 2.30. The van der Waals surface area contributed by atoms with Crippen LogP contribution in [0, 0.1) is 6.92 Å². The molecule has 2 aliphatic rings. The number of ether oxygens (including phenoxy) is 1. The largest absolute Gasteiger partial charge is 0.379 e. The molecule has 2 aromatic rings. The highest BCUT2D eigenvalue weighted by molar-refractivity contribution is 7.89. The quantitative estimate of drug-likeness (QED) is 0.716. The second kappa shape index (κ2) is 8.33. The molecule has 6 heteroatoms. The molecule has 150 valence electrons. The zero-order chi connectivity index (χ0) is 19.6. The van der Waals surface area contributed by atoms with Crippen molar-refractivity contribution < 1.29 is 13.2 Å². The molecule has 1 saturated heterocycles. The van der Waals surface area contributed by atoms with Crippen molar-refractivity contribution in [1.29, 1.82) is 0 Å². The Hall–Kier alpha value is -1.73. The number of nitrogens with zero attached hydrogens (tertiary/aromatic N) is 2. The van der Waals surface area contributed by atoms with Crippen molar-refractivity contribution in [1.82, 2.24) is 9.21 Å². The topological polar surface area (TPSA) is 49.9 Å². The summed E-state index contributed by atoms with van der Waals surface area (Å²) in [6.45, 7) is 5.54. The van der Waals surface area contributed by atoms with Crippen molar-refractivity contribution in [3.8, 4) is 0 Å². The van der Waals surface area contributed by atoms with Gasteiger partial charge in [-0.05, 0) is 43.0 Å². The van der Waals surface area contributed by atoms with Crippen LogP contribution in [0.15, 0.2) is 53.4 Å². The minimum Gasteiger partial charge on any atom is -0.379 e. The van der Waals surface area contributed by atoms with Gasteiger partial charge >= 0.3 is 0 Å². The first-order valence-corrected chi connectivity index (χ1v) is 11.4. The molecule has 1 saturated carbocycles. The Morgan fingerprint density at radius 1 is 1.00 bits per heavy atom. The standard InChI is InChI=1S/C22H28N2O3S/c1-18-5-7-19(8-6-18)16-23(21-9-10-21)17-20-3-2-4-22(15-20)28(25,26)24-11-13-27-14-12-24/h2-8,15,21H,9-14,16-17H2,1H3. The van der Waals surface area contributed by atoms with Gasteiger partial charge in [-0.3, -0.25) is 4.90 Å². The van der Waals surface area contributed by atoms with Crippen LogP contribution in [-0.4, -0.2) is 50.0 Å². The van der Waals surface area contributed by atoms with Gasteiger partial charge in [0.1, 0.15) is 0 Å². The van der Waals surface area contributed by atoms with Gasteiger partial charge in [-0.1, -0.05) is 42.0 Å². The fraction of sp³-hybridized carbons (Fsp3) is 0.455. The molecule has 0 spiro atoms. The van der Waals surface area contributed by atoms with E-state index in [1.807, 2.05) is 18.2 Å². The molecule has 2 aromatic carbocycles. The van der Waals surface area contributed by atoms with Gasteiger partial charge in [0.25, 0.3) is 0 Å². The predicted octanol–water partition coefficient (Wildman–Crippen LogP) is 3.18. The van der Waals surface area contributed by atoms with E-state index in [0.717, 1.165) is 18.7 Å². The molecule has 28 heavy (non-hydrogen) atoms. The van der Waals surface area contributed by atoms with E-state index in [1.165, 1.54) is 28.3 Å². The second-order valence-corrected chi connectivity index (χ2v) is 9.72. The third kappa shape index (κ3) is 4.63. The maximum Gasteiger partial charge on any atom is 0.243 e. The molecule has 0 amide bonds. The molecule has 1 aliphatic heterocycles. The lowest BCUT2D eigenvalue weighted by molar-refractivity contribution is 0.0730. The zero-order valence-electron chi connectivity index (χ0n) is 16.4. The van der Waals surface area contributed by atoms with Crippen molar-refractivity contribution in [2.24, 2.45) is 0 Å². The van der Waals surface area contributed by atoms with Gasteiger partial charge in [-0.15, -0.1) is 0 Å². The molecule has 2 fully saturated rings. The molecule has 0 N–H and O–H groups in total. The van der Waals surface area contributed by atoms with Crippen LogP contribution in [0.1, 0.15) is 29.5 Å². The lowest BCUT2D eigenvalue weighted by atomic mass is 10.1. The smallest absolute Gasteiger partial charge is 0.243 e. The number of morpholine rings is 1. The van der Waals surface area contributed by atoms with E-state index in [4.69, 9.17) is 4.74 Å². The Morgan fingerprint density at radius 2 is 1.68 bits per heavy atom. The number of hydrogen-bond acceptors (Lipinski definition) is 4. The summed E-state index contributed by atoms with van der Waals surface area (Å²) in [5, 5.41) is 0. The molecule has 0 unspecified atom stereocenters. The Kier molecular flexibility index (Phi) is 5.83. The minimum atomic E-state index is -3.45. The number of aryl methyl sites for hydroxylation is 1. The normalized spacial score (nSPS) is 18.5. The molecular formula is C22H28N2O3S. The van der Waals surface area contributed by atoms with Crippen LogP contribution in [0.2, 0.25) is 0 Å². The SMILES string of the molecule is Cc1ccc(CN(Cc2cccc(S(=O)(=O)N3CCOCC3)c2)C2CC2)cc1. The van der Waals surface area contributed by atoms with E-state index in [2.05, 4.69) is 36.1 Å². The molecular weight excluding hydrogens is 372 g/mol. The van der Waals surface area contributed by atoms with Crippen LogP contribution in [0.25, 0.3) is 0 Å². The van der Waals surface area contributed by atoms with E-state index in [1.54, 1.807) is 6.07 Å². The summed E-state index contributed by atoms with van der Waals surface area (Å²) in [7, 11) is -3.45. The fourth-order valence-electron chi connectivity index (χ4n) is 3.66. The van der Waals surface area contributed by atoms with Crippen LogP contribution in [-0.2, 0) is 27.8 Å². The first-order valence-electron chi connectivity index (χ1n) is 9.99. The van der Waals surface area contributed by atoms with E-state index < -0.39 is 10.0 Å². The van der Waals surface area contributed by atoms with Crippen molar-refractivity contribution in [3.63, 3.8) is 0 Å². The Morgan fingerprint density at radius 3 is 2.36 bits per heavy atom. The van der Waals surface area contributed by atoms with Gasteiger partial charge in [0.05, 0.1) is 18.1 Å². The van der Waals surface area contributed by atoms with Crippen LogP contribution in [0.4, 0.5) is 0 Å². The van der Waals surface area contributed by atoms with Gasteiger partial charge in [-0.2, -0.15) is 4.31 Å². The molecule has 0 bridgehead atoms. The second-order valence-electron chi connectivity index (χ2n) is 7.79. The van der Waals surface area contributed by atoms with Crippen molar-refractivity contribution in [3.05, 3.63) is 65.2 Å². The van der Waals surface area contributed by atoms with Crippen molar-refractivity contribution in [2.45, 2.75) is 43.8 Å². The molecule has 0 atom stereocenters. The van der Waals surface area contributed by atoms with Gasteiger partial charge in [-0.25, -0.2) is 8.42 Å². The summed E-state index contributed by atoms with van der Waals surface area (Å²) in [6.07, 6.45) is 2.44. The lowest BCUT2D eigenvalue weighted by Crippen LogP contribution is -2.40. The number of hydrogen-bond donors (Lipinski definition) is 0. The first-order chi connectivity index (χ1) is 13.5. The third-order valence-corrected chi connectivity index (χ3v) is 7.36. The lowest BCUT2D eigenvalue weighted by Gasteiger charge is -2.26. The van der Waals surface area contributed by atoms with E-state index in [-0.39, 0.29) is 0 Å². The van der Waals surface area contributed by atoms with Crippen LogP contribution >= 0.6 is 0 Å². The molecule has 4 rings (SSSR count). The molecule has 0 radical (unpaired) electrons. The first kappa shape index (κ1) is 19.6. The van der Waals surface area contributed by atoms with Crippen molar-refractivity contribution in [2.75, 3.05) is 26.3 Å². The summed E-state index contributed by atoms with van der Waals surface area (Å²) in [4.78, 5) is 2.85. The zero-order valence-corrected chi connectivity index (χ0v) is 17.2. The van der Waals surface area contributed by atoms with Crippen LogP contribution in [0.3, 0.4) is 0 Å². The average Bonchev–Trinajstić information content (AvgIpc) is 3.55. The summed E-state index contributed by atoms with van der Waals surface area (Å²) in [6, 6.07) is 16.7. The summed E-state index contributed by atoms with van der Waals surface area (Å²) in [5.41, 5.74) is 3.62. The molecule has 5 nitrogen and oxygen atoms in total. The molecule has 0 aromatic heterocycles. The van der Waals surface area contributed by atoms with Gasteiger partial charge < -0.3 is 4.74 Å². The number of sulfonamides is 1. The predicted molar refractivity (Wildman–Crippen MR) is 109 cm³/mol. The molecule has 1 aliphatic carbocycles. The maximum absolute atomic E-state index is 13.0. The summed E-state index contributed by atoms with van der Waals surface area (Å²) < 4.78 is 32.7. The molecule has 1 heterocycles. The van der Waals surface area contributed by atoms with E-state index >= 15 is 0 Å². The maximum atomic E-state index is 13.0. The average molecular weight is 401 g/mol. The highest BCUT2D eigenvalue weighted by atomic mass is 32.2. The number of benzene rings is 2. The van der Waals surface area contributed by atoms with Crippen LogP contribution in [0.5, 0.6) is 0 Å². The monoisotopic (exact) mass is 400 g/mol. The Bertz CT molecular complexity index is 902. The number of rotatable bonds is 7. The van der Waals surface area contributed by atoms with Gasteiger partial charge in [0.2, 0.25) is 10.0 Å². The van der Waals surface area contributed by atoms with Crippen LogP contribution < -0.4 is 0 Å². The summed E-state index contributed by atoms with van der Waals surface area (Å²) in [5.74, 6) is 0.